The average molecular weight is 287 g/mol. The number of Topliss-reactive ketones (excluding diaryl/α,β-unsaturated/α-hetero) is 1. The van der Waals surface area contributed by atoms with E-state index < -0.39 is 17.2 Å². The molecule has 2 N–H and O–H groups in total. The molecule has 1 aliphatic heterocycles. The third-order valence-corrected chi connectivity index (χ3v) is 3.80. The fourth-order valence-electron chi connectivity index (χ4n) is 2.18. The molecule has 2 rings (SSSR count). The number of carbonyl (C=O) groups excluding carboxylic acids is 1. The quantitative estimate of drug-likeness (QED) is 0.927. The normalized spacial score (nSPS) is 26.8. The third kappa shape index (κ3) is 2.86. The van der Waals surface area contributed by atoms with E-state index in [-0.39, 0.29) is 24.9 Å². The second-order valence-corrected chi connectivity index (χ2v) is 5.33. The Balaban J connectivity index is 2.09. The Morgan fingerprint density at radius 1 is 1.40 bits per heavy atom. The number of rotatable bonds is 3. The van der Waals surface area contributed by atoms with Gasteiger partial charge < -0.3 is 10.5 Å². The minimum atomic E-state index is -4.36. The van der Waals surface area contributed by atoms with Crippen molar-refractivity contribution in [3.8, 4) is 0 Å². The lowest BCUT2D eigenvalue weighted by Gasteiger charge is -2.25. The van der Waals surface area contributed by atoms with Gasteiger partial charge in [0.25, 0.3) is 0 Å². The monoisotopic (exact) mass is 287 g/mol. The van der Waals surface area contributed by atoms with Crippen molar-refractivity contribution >= 4 is 5.78 Å². The first-order valence-corrected chi connectivity index (χ1v) is 6.26. The smallest absolute Gasteiger partial charge is 0.379 e. The van der Waals surface area contributed by atoms with Gasteiger partial charge in [0.15, 0.2) is 0 Å². The van der Waals surface area contributed by atoms with Gasteiger partial charge in [0.1, 0.15) is 5.78 Å². The number of alkyl halides is 3. The highest BCUT2D eigenvalue weighted by Gasteiger charge is 2.43. The van der Waals surface area contributed by atoms with E-state index in [1.54, 1.807) is 6.92 Å². The summed E-state index contributed by atoms with van der Waals surface area (Å²) in [6.07, 6.45) is -4.30. The van der Waals surface area contributed by atoms with Crippen LogP contribution in [-0.2, 0) is 22.1 Å². The first-order chi connectivity index (χ1) is 9.23. The van der Waals surface area contributed by atoms with E-state index in [1.807, 2.05) is 0 Å². The van der Waals surface area contributed by atoms with Crippen LogP contribution < -0.4 is 5.73 Å². The van der Waals surface area contributed by atoms with E-state index in [4.69, 9.17) is 10.5 Å². The summed E-state index contributed by atoms with van der Waals surface area (Å²) in [4.78, 5) is 12.2. The van der Waals surface area contributed by atoms with Crippen molar-refractivity contribution in [2.75, 3.05) is 13.2 Å². The summed E-state index contributed by atoms with van der Waals surface area (Å²) in [6, 6.07) is 4.24. The van der Waals surface area contributed by atoms with Crippen LogP contribution in [0.15, 0.2) is 24.3 Å². The van der Waals surface area contributed by atoms with Crippen LogP contribution in [0.4, 0.5) is 13.2 Å². The Bertz CT molecular complexity index is 498. The van der Waals surface area contributed by atoms with Gasteiger partial charge in [-0.15, -0.1) is 0 Å². The summed E-state index contributed by atoms with van der Waals surface area (Å²) >= 11 is 0. The Kier molecular flexibility index (Phi) is 3.88. The summed E-state index contributed by atoms with van der Waals surface area (Å²) in [6.45, 7) is 2.32. The predicted octanol–water partition coefficient (Wildman–Crippen LogP) is 2.18. The van der Waals surface area contributed by atoms with E-state index >= 15 is 0 Å². The van der Waals surface area contributed by atoms with Gasteiger partial charge in [-0.1, -0.05) is 12.1 Å². The molecule has 2 unspecified atom stereocenters. The van der Waals surface area contributed by atoms with Gasteiger partial charge >= 0.3 is 6.18 Å². The molecule has 0 amide bonds. The first kappa shape index (κ1) is 15.0. The standard InChI is InChI=1S/C14H16F3NO2/c1-13(8-20-7-11(13)18)12(19)6-9-2-4-10(5-3-9)14(15,16)17/h2-5,11H,6-8,18H2,1H3. The summed E-state index contributed by atoms with van der Waals surface area (Å²) < 4.78 is 42.5. The number of hydrogen-bond donors (Lipinski definition) is 1. The minimum absolute atomic E-state index is 0.0612. The summed E-state index contributed by atoms with van der Waals surface area (Å²) in [5.41, 5.74) is 4.92. The van der Waals surface area contributed by atoms with Gasteiger partial charge in [0.2, 0.25) is 0 Å². The van der Waals surface area contributed by atoms with Crippen molar-refractivity contribution in [2.24, 2.45) is 11.1 Å². The summed E-state index contributed by atoms with van der Waals surface area (Å²) in [5, 5.41) is 0. The number of benzene rings is 1. The minimum Gasteiger partial charge on any atom is -0.379 e. The van der Waals surface area contributed by atoms with Crippen LogP contribution in [0.1, 0.15) is 18.1 Å². The molecule has 1 saturated heterocycles. The topological polar surface area (TPSA) is 52.3 Å². The van der Waals surface area contributed by atoms with Crippen LogP contribution in [-0.4, -0.2) is 25.0 Å². The van der Waals surface area contributed by atoms with Gasteiger partial charge in [-0.3, -0.25) is 4.79 Å². The molecule has 110 valence electrons. The van der Waals surface area contributed by atoms with Gasteiger partial charge in [0, 0.05) is 12.5 Å². The van der Waals surface area contributed by atoms with Crippen LogP contribution in [0.25, 0.3) is 0 Å². The van der Waals surface area contributed by atoms with Crippen molar-refractivity contribution < 1.29 is 22.7 Å². The SMILES string of the molecule is CC1(C(=O)Cc2ccc(C(F)(F)F)cc2)COCC1N. The molecule has 1 fully saturated rings. The van der Waals surface area contributed by atoms with Crippen molar-refractivity contribution in [2.45, 2.75) is 25.6 Å². The Labute approximate surface area is 114 Å². The van der Waals surface area contributed by atoms with E-state index in [0.717, 1.165) is 12.1 Å². The number of halogens is 3. The molecule has 1 aromatic rings. The first-order valence-electron chi connectivity index (χ1n) is 6.26. The average Bonchev–Trinajstić information content (AvgIpc) is 2.70. The molecule has 6 heteroatoms. The second kappa shape index (κ2) is 5.18. The van der Waals surface area contributed by atoms with Crippen molar-refractivity contribution in [3.63, 3.8) is 0 Å². The highest BCUT2D eigenvalue weighted by molar-refractivity contribution is 5.87. The Morgan fingerprint density at radius 2 is 2.00 bits per heavy atom. The Hall–Kier alpha value is -1.40. The van der Waals surface area contributed by atoms with Crippen LogP contribution in [0.2, 0.25) is 0 Å². The molecular formula is C14H16F3NO2. The lowest BCUT2D eigenvalue weighted by atomic mass is 9.79. The van der Waals surface area contributed by atoms with Gasteiger partial charge in [-0.05, 0) is 24.6 Å². The number of ketones is 1. The molecule has 0 aliphatic carbocycles. The number of hydrogen-bond acceptors (Lipinski definition) is 3. The molecule has 1 aliphatic rings. The highest BCUT2D eigenvalue weighted by Crippen LogP contribution is 2.31. The molecule has 1 aromatic carbocycles. The lowest BCUT2D eigenvalue weighted by molar-refractivity contribution is -0.137. The Morgan fingerprint density at radius 3 is 2.45 bits per heavy atom. The van der Waals surface area contributed by atoms with Crippen LogP contribution in [0.5, 0.6) is 0 Å². The van der Waals surface area contributed by atoms with E-state index in [0.29, 0.717) is 12.2 Å². The number of carbonyl (C=O) groups is 1. The highest BCUT2D eigenvalue weighted by atomic mass is 19.4. The van der Waals surface area contributed by atoms with Crippen LogP contribution in [0.3, 0.4) is 0 Å². The molecule has 0 saturated carbocycles. The fraction of sp³-hybridized carbons (Fsp3) is 0.500. The molecule has 0 aromatic heterocycles. The number of nitrogens with two attached hydrogens (primary N) is 1. The predicted molar refractivity (Wildman–Crippen MR) is 67.1 cm³/mol. The molecule has 1 heterocycles. The second-order valence-electron chi connectivity index (χ2n) is 5.33. The molecule has 0 radical (unpaired) electrons. The van der Waals surface area contributed by atoms with E-state index in [2.05, 4.69) is 0 Å². The van der Waals surface area contributed by atoms with Crippen molar-refractivity contribution in [3.05, 3.63) is 35.4 Å². The van der Waals surface area contributed by atoms with Crippen molar-refractivity contribution in [1.82, 2.24) is 0 Å². The van der Waals surface area contributed by atoms with Gasteiger partial charge in [-0.25, -0.2) is 0 Å². The molecule has 3 nitrogen and oxygen atoms in total. The van der Waals surface area contributed by atoms with E-state index in [1.165, 1.54) is 12.1 Å². The molecule has 0 spiro atoms. The number of ether oxygens (including phenoxy) is 1. The summed E-state index contributed by atoms with van der Waals surface area (Å²) in [7, 11) is 0. The molecule has 20 heavy (non-hydrogen) atoms. The fourth-order valence-corrected chi connectivity index (χ4v) is 2.18. The van der Waals surface area contributed by atoms with Gasteiger partial charge in [0.05, 0.1) is 24.2 Å². The van der Waals surface area contributed by atoms with Crippen molar-refractivity contribution in [1.29, 1.82) is 0 Å². The maximum Gasteiger partial charge on any atom is 0.416 e. The maximum atomic E-state index is 12.4. The zero-order valence-electron chi connectivity index (χ0n) is 11.0. The lowest BCUT2D eigenvalue weighted by Crippen LogP contribution is -2.45. The van der Waals surface area contributed by atoms with E-state index in [9.17, 15) is 18.0 Å². The zero-order chi connectivity index (χ0) is 15.0. The van der Waals surface area contributed by atoms with Crippen LogP contribution in [0, 0.1) is 5.41 Å². The maximum absolute atomic E-state index is 12.4. The summed E-state index contributed by atoms with van der Waals surface area (Å²) in [5.74, 6) is -0.109. The van der Waals surface area contributed by atoms with Gasteiger partial charge in [-0.2, -0.15) is 13.2 Å². The van der Waals surface area contributed by atoms with Crippen LogP contribution >= 0.6 is 0 Å². The zero-order valence-corrected chi connectivity index (χ0v) is 11.0. The molecule has 2 atom stereocenters. The molecular weight excluding hydrogens is 271 g/mol. The molecule has 0 bridgehead atoms. The third-order valence-electron chi connectivity index (χ3n) is 3.80. The largest absolute Gasteiger partial charge is 0.416 e.